The minimum absolute atomic E-state index is 0.0598. The Morgan fingerprint density at radius 3 is 2.68 bits per heavy atom. The topological polar surface area (TPSA) is 106 Å². The maximum atomic E-state index is 11.6. The first kappa shape index (κ1) is 14.9. The smallest absolute Gasteiger partial charge is 0.323 e. The van der Waals surface area contributed by atoms with Gasteiger partial charge in [0.15, 0.2) is 0 Å². The van der Waals surface area contributed by atoms with Gasteiger partial charge in [0.2, 0.25) is 17.8 Å². The Labute approximate surface area is 112 Å². The van der Waals surface area contributed by atoms with Gasteiger partial charge in [0.1, 0.15) is 0 Å². The lowest BCUT2D eigenvalue weighted by molar-refractivity contribution is -0.120. The highest BCUT2D eigenvalue weighted by Crippen LogP contribution is 2.11. The number of nitrogen functional groups attached to an aromatic ring is 1. The average Bonchev–Trinajstić information content (AvgIpc) is 2.27. The van der Waals surface area contributed by atoms with Gasteiger partial charge in [0, 0.05) is 13.1 Å². The molecule has 0 saturated heterocycles. The Morgan fingerprint density at radius 1 is 1.42 bits per heavy atom. The van der Waals surface area contributed by atoms with Gasteiger partial charge in [-0.2, -0.15) is 15.0 Å². The standard InChI is InChI=1S/C11H20N6O2/c1-5-19-11-15-9(12)14-10(16-11)17(4)6-8(18)13-7(2)3/h7H,5-6H2,1-4H3,(H,13,18)(H2,12,14,15,16). The van der Waals surface area contributed by atoms with E-state index in [1.54, 1.807) is 11.9 Å². The van der Waals surface area contributed by atoms with Gasteiger partial charge >= 0.3 is 6.01 Å². The molecule has 0 aliphatic rings. The molecule has 0 unspecified atom stereocenters. The van der Waals surface area contributed by atoms with E-state index in [4.69, 9.17) is 10.5 Å². The van der Waals surface area contributed by atoms with Crippen molar-refractivity contribution < 1.29 is 9.53 Å². The molecular formula is C11H20N6O2. The van der Waals surface area contributed by atoms with E-state index < -0.39 is 0 Å². The van der Waals surface area contributed by atoms with E-state index in [1.807, 2.05) is 20.8 Å². The van der Waals surface area contributed by atoms with E-state index >= 15 is 0 Å². The summed E-state index contributed by atoms with van der Waals surface area (Å²) in [5.41, 5.74) is 5.57. The highest BCUT2D eigenvalue weighted by molar-refractivity contribution is 5.80. The van der Waals surface area contributed by atoms with Crippen LogP contribution in [0.1, 0.15) is 20.8 Å². The number of hydrogen-bond acceptors (Lipinski definition) is 7. The van der Waals surface area contributed by atoms with Crippen molar-refractivity contribution in [1.29, 1.82) is 0 Å². The Bertz CT molecular complexity index is 437. The van der Waals surface area contributed by atoms with Crippen LogP contribution in [0.25, 0.3) is 0 Å². The molecule has 8 nitrogen and oxygen atoms in total. The molecule has 0 atom stereocenters. The molecule has 19 heavy (non-hydrogen) atoms. The molecule has 1 amide bonds. The maximum absolute atomic E-state index is 11.6. The molecule has 1 rings (SSSR count). The van der Waals surface area contributed by atoms with E-state index in [2.05, 4.69) is 20.3 Å². The molecule has 1 aromatic rings. The van der Waals surface area contributed by atoms with Crippen molar-refractivity contribution in [2.24, 2.45) is 0 Å². The summed E-state index contributed by atoms with van der Waals surface area (Å²) in [6, 6.07) is 0.240. The minimum Gasteiger partial charge on any atom is -0.464 e. The van der Waals surface area contributed by atoms with Crippen molar-refractivity contribution in [3.05, 3.63) is 0 Å². The maximum Gasteiger partial charge on any atom is 0.323 e. The Hall–Kier alpha value is -2.12. The largest absolute Gasteiger partial charge is 0.464 e. The summed E-state index contributed by atoms with van der Waals surface area (Å²) < 4.78 is 5.18. The van der Waals surface area contributed by atoms with E-state index in [9.17, 15) is 4.79 Å². The van der Waals surface area contributed by atoms with E-state index in [1.165, 1.54) is 0 Å². The van der Waals surface area contributed by atoms with Gasteiger partial charge in [0.05, 0.1) is 13.2 Å². The highest BCUT2D eigenvalue weighted by atomic mass is 16.5. The molecule has 0 bridgehead atoms. The molecule has 0 spiro atoms. The van der Waals surface area contributed by atoms with Crippen molar-refractivity contribution in [3.63, 3.8) is 0 Å². The summed E-state index contributed by atoms with van der Waals surface area (Å²) in [7, 11) is 1.70. The van der Waals surface area contributed by atoms with Crippen LogP contribution in [0.15, 0.2) is 0 Å². The number of anilines is 2. The molecule has 0 radical (unpaired) electrons. The van der Waals surface area contributed by atoms with Gasteiger partial charge in [-0.15, -0.1) is 0 Å². The molecular weight excluding hydrogens is 248 g/mol. The van der Waals surface area contributed by atoms with Crippen LogP contribution >= 0.6 is 0 Å². The zero-order valence-corrected chi connectivity index (χ0v) is 11.7. The molecule has 106 valence electrons. The molecule has 0 aliphatic carbocycles. The molecule has 1 aromatic heterocycles. The third-order valence-corrected chi connectivity index (χ3v) is 2.07. The van der Waals surface area contributed by atoms with Gasteiger partial charge < -0.3 is 20.7 Å². The van der Waals surface area contributed by atoms with Crippen LogP contribution in [0, 0.1) is 0 Å². The van der Waals surface area contributed by atoms with E-state index in [0.717, 1.165) is 0 Å². The van der Waals surface area contributed by atoms with Crippen LogP contribution in [0.3, 0.4) is 0 Å². The van der Waals surface area contributed by atoms with Gasteiger partial charge in [0.25, 0.3) is 0 Å². The Balaban J connectivity index is 2.75. The first-order chi connectivity index (χ1) is 8.92. The fourth-order valence-corrected chi connectivity index (χ4v) is 1.38. The number of hydrogen-bond donors (Lipinski definition) is 2. The monoisotopic (exact) mass is 268 g/mol. The van der Waals surface area contributed by atoms with Crippen molar-refractivity contribution >= 4 is 17.8 Å². The molecule has 3 N–H and O–H groups in total. The highest BCUT2D eigenvalue weighted by Gasteiger charge is 2.13. The number of rotatable bonds is 6. The molecule has 8 heteroatoms. The summed E-state index contributed by atoms with van der Waals surface area (Å²) in [6.07, 6.45) is 0. The molecule has 0 saturated carbocycles. The Kier molecular flexibility index (Phi) is 5.28. The van der Waals surface area contributed by atoms with Gasteiger partial charge in [-0.05, 0) is 20.8 Å². The number of carbonyl (C=O) groups is 1. The second kappa shape index (κ2) is 6.72. The van der Waals surface area contributed by atoms with Crippen molar-refractivity contribution in [2.45, 2.75) is 26.8 Å². The Morgan fingerprint density at radius 2 is 2.11 bits per heavy atom. The van der Waals surface area contributed by atoms with Crippen molar-refractivity contribution in [3.8, 4) is 6.01 Å². The zero-order valence-electron chi connectivity index (χ0n) is 11.7. The number of likely N-dealkylation sites (N-methyl/N-ethyl adjacent to an activating group) is 1. The van der Waals surface area contributed by atoms with Crippen LogP contribution in [-0.2, 0) is 4.79 Å². The lowest BCUT2D eigenvalue weighted by Gasteiger charge is -2.18. The zero-order chi connectivity index (χ0) is 14.4. The molecule has 0 aromatic carbocycles. The van der Waals surface area contributed by atoms with Crippen LogP contribution in [0.4, 0.5) is 11.9 Å². The number of carbonyl (C=O) groups excluding carboxylic acids is 1. The summed E-state index contributed by atoms with van der Waals surface area (Å²) in [6.45, 7) is 6.17. The molecule has 0 fully saturated rings. The predicted octanol–water partition coefficient (Wildman–Crippen LogP) is -0.187. The van der Waals surface area contributed by atoms with Crippen LogP contribution < -0.4 is 20.7 Å². The number of nitrogens with zero attached hydrogens (tertiary/aromatic N) is 4. The average molecular weight is 268 g/mol. The number of nitrogens with two attached hydrogens (primary N) is 1. The fourth-order valence-electron chi connectivity index (χ4n) is 1.38. The fraction of sp³-hybridized carbons (Fsp3) is 0.636. The first-order valence-electron chi connectivity index (χ1n) is 6.07. The van der Waals surface area contributed by atoms with Crippen LogP contribution in [0.2, 0.25) is 0 Å². The van der Waals surface area contributed by atoms with Crippen LogP contribution in [0.5, 0.6) is 6.01 Å². The van der Waals surface area contributed by atoms with Gasteiger partial charge in [-0.1, -0.05) is 0 Å². The first-order valence-corrected chi connectivity index (χ1v) is 6.07. The van der Waals surface area contributed by atoms with Crippen LogP contribution in [-0.4, -0.2) is 47.1 Å². The second-order valence-electron chi connectivity index (χ2n) is 4.29. The summed E-state index contributed by atoms with van der Waals surface area (Å²) in [5.74, 6) is 0.244. The quantitative estimate of drug-likeness (QED) is 0.736. The van der Waals surface area contributed by atoms with Gasteiger partial charge in [-0.3, -0.25) is 4.79 Å². The third-order valence-electron chi connectivity index (χ3n) is 2.07. The number of nitrogens with one attached hydrogen (secondary N) is 1. The minimum atomic E-state index is -0.116. The second-order valence-corrected chi connectivity index (χ2v) is 4.29. The lowest BCUT2D eigenvalue weighted by Crippen LogP contribution is -2.39. The van der Waals surface area contributed by atoms with Gasteiger partial charge in [-0.25, -0.2) is 0 Å². The normalized spacial score (nSPS) is 10.4. The van der Waals surface area contributed by atoms with E-state index in [-0.39, 0.29) is 30.5 Å². The number of amides is 1. The SMILES string of the molecule is CCOc1nc(N)nc(N(C)CC(=O)NC(C)C)n1. The molecule has 1 heterocycles. The molecule has 0 aliphatic heterocycles. The summed E-state index contributed by atoms with van der Waals surface area (Å²) in [5, 5.41) is 2.78. The summed E-state index contributed by atoms with van der Waals surface area (Å²) in [4.78, 5) is 25.1. The predicted molar refractivity (Wildman–Crippen MR) is 72.0 cm³/mol. The number of aromatic nitrogens is 3. The lowest BCUT2D eigenvalue weighted by atomic mass is 10.4. The summed E-state index contributed by atoms with van der Waals surface area (Å²) >= 11 is 0. The van der Waals surface area contributed by atoms with E-state index in [0.29, 0.717) is 12.6 Å². The number of ether oxygens (including phenoxy) is 1. The third kappa shape index (κ3) is 4.94. The van der Waals surface area contributed by atoms with Crippen molar-refractivity contribution in [2.75, 3.05) is 30.8 Å². The van der Waals surface area contributed by atoms with Crippen molar-refractivity contribution in [1.82, 2.24) is 20.3 Å².